The largest absolute Gasteiger partial charge is 0.387 e. The van der Waals surface area contributed by atoms with Gasteiger partial charge in [-0.05, 0) is 5.56 Å². The second kappa shape index (κ2) is 7.18. The van der Waals surface area contributed by atoms with Gasteiger partial charge in [-0.3, -0.25) is 10.00 Å². The number of urea groups is 1. The van der Waals surface area contributed by atoms with E-state index in [0.29, 0.717) is 17.3 Å². The maximum atomic E-state index is 12.1. The summed E-state index contributed by atoms with van der Waals surface area (Å²) >= 11 is 0. The Hall–Kier alpha value is -3.13. The van der Waals surface area contributed by atoms with Gasteiger partial charge in [0.15, 0.2) is 5.82 Å². The van der Waals surface area contributed by atoms with Crippen LogP contribution in [0.5, 0.6) is 0 Å². The van der Waals surface area contributed by atoms with Gasteiger partial charge < -0.3 is 15.0 Å². The van der Waals surface area contributed by atoms with Crippen LogP contribution in [0.2, 0.25) is 0 Å². The Labute approximate surface area is 145 Å². The van der Waals surface area contributed by atoms with Crippen LogP contribution < -0.4 is 10.6 Å². The predicted molar refractivity (Wildman–Crippen MR) is 93.8 cm³/mol. The first-order valence-corrected chi connectivity index (χ1v) is 7.84. The summed E-state index contributed by atoms with van der Waals surface area (Å²) in [5.41, 5.74) is 1.41. The van der Waals surface area contributed by atoms with Crippen molar-refractivity contribution in [1.29, 1.82) is 0 Å². The second-order valence-corrected chi connectivity index (χ2v) is 5.66. The molecule has 3 rings (SSSR count). The first kappa shape index (κ1) is 16.7. The summed E-state index contributed by atoms with van der Waals surface area (Å²) in [6.07, 6.45) is 2.76. The number of hydrogen-bond donors (Lipinski definition) is 3. The Bertz CT molecular complexity index is 855. The Morgan fingerprint density at radius 3 is 2.72 bits per heavy atom. The van der Waals surface area contributed by atoms with Gasteiger partial charge >= 0.3 is 6.03 Å². The average Bonchev–Trinajstić information content (AvgIpc) is 3.19. The number of imidazole rings is 1. The van der Waals surface area contributed by atoms with E-state index in [1.54, 1.807) is 24.0 Å². The van der Waals surface area contributed by atoms with E-state index in [1.165, 1.54) is 0 Å². The molecule has 0 bridgehead atoms. The number of rotatable bonds is 5. The minimum Gasteiger partial charge on any atom is -0.387 e. The number of benzene rings is 1. The van der Waals surface area contributed by atoms with Crippen LogP contribution in [0.15, 0.2) is 48.8 Å². The summed E-state index contributed by atoms with van der Waals surface area (Å²) in [6.45, 7) is 0.111. The highest BCUT2D eigenvalue weighted by Gasteiger charge is 2.14. The SMILES string of the molecule is Cn1ccnc1-c1cc(NC(=O)NCC(O)c2ccccc2)n(C)n1. The molecule has 0 aliphatic rings. The number of nitrogens with zero attached hydrogens (tertiary/aromatic N) is 4. The number of aryl methyl sites for hydroxylation is 2. The quantitative estimate of drug-likeness (QED) is 0.658. The first-order chi connectivity index (χ1) is 12.0. The molecule has 8 heteroatoms. The molecule has 1 atom stereocenters. The molecule has 0 spiro atoms. The molecule has 0 aliphatic carbocycles. The van der Waals surface area contributed by atoms with Gasteiger partial charge in [0.05, 0.1) is 6.10 Å². The molecule has 2 aromatic heterocycles. The number of carbonyl (C=O) groups is 1. The van der Waals surface area contributed by atoms with Gasteiger partial charge in [0.2, 0.25) is 0 Å². The van der Waals surface area contributed by atoms with Gasteiger partial charge in [0.25, 0.3) is 0 Å². The molecule has 2 amide bonds. The zero-order valence-electron chi connectivity index (χ0n) is 14.0. The summed E-state index contributed by atoms with van der Waals surface area (Å²) in [5.74, 6) is 1.24. The lowest BCUT2D eigenvalue weighted by Crippen LogP contribution is -2.33. The monoisotopic (exact) mass is 340 g/mol. The first-order valence-electron chi connectivity index (χ1n) is 7.84. The molecule has 0 saturated heterocycles. The minimum absolute atomic E-state index is 0.111. The summed E-state index contributed by atoms with van der Waals surface area (Å²) in [5, 5.41) is 19.8. The number of anilines is 1. The average molecular weight is 340 g/mol. The third-order valence-electron chi connectivity index (χ3n) is 3.81. The zero-order valence-corrected chi connectivity index (χ0v) is 14.0. The van der Waals surface area contributed by atoms with E-state index in [-0.39, 0.29) is 6.54 Å². The molecule has 2 heterocycles. The summed E-state index contributed by atoms with van der Waals surface area (Å²) in [4.78, 5) is 16.3. The number of carbonyl (C=O) groups excluding carboxylic acids is 1. The van der Waals surface area contributed by atoms with E-state index in [4.69, 9.17) is 0 Å². The number of nitrogens with one attached hydrogen (secondary N) is 2. The van der Waals surface area contributed by atoms with Crippen LogP contribution in [0.25, 0.3) is 11.5 Å². The molecule has 0 fully saturated rings. The smallest absolute Gasteiger partial charge is 0.320 e. The van der Waals surface area contributed by atoms with Crippen molar-refractivity contribution in [2.24, 2.45) is 14.1 Å². The molecule has 0 radical (unpaired) electrons. The standard InChI is InChI=1S/C17H20N6O2/c1-22-9-8-18-16(22)13-10-15(23(2)21-13)20-17(25)19-11-14(24)12-6-4-3-5-7-12/h3-10,14,24H,11H2,1-2H3,(H2,19,20,25). The van der Waals surface area contributed by atoms with E-state index in [2.05, 4.69) is 20.7 Å². The fourth-order valence-electron chi connectivity index (χ4n) is 2.45. The maximum absolute atomic E-state index is 12.1. The van der Waals surface area contributed by atoms with Crippen molar-refractivity contribution in [3.63, 3.8) is 0 Å². The van der Waals surface area contributed by atoms with Crippen molar-refractivity contribution in [1.82, 2.24) is 24.6 Å². The van der Waals surface area contributed by atoms with Crippen molar-refractivity contribution in [2.45, 2.75) is 6.10 Å². The van der Waals surface area contributed by atoms with E-state index in [1.807, 2.05) is 48.1 Å². The normalized spacial score (nSPS) is 12.0. The van der Waals surface area contributed by atoms with E-state index in [0.717, 1.165) is 5.56 Å². The van der Waals surface area contributed by atoms with Crippen molar-refractivity contribution in [2.75, 3.05) is 11.9 Å². The zero-order chi connectivity index (χ0) is 17.8. The highest BCUT2D eigenvalue weighted by molar-refractivity contribution is 5.88. The molecule has 3 N–H and O–H groups in total. The minimum atomic E-state index is -0.762. The molecular weight excluding hydrogens is 320 g/mol. The molecule has 0 aliphatic heterocycles. The van der Waals surface area contributed by atoms with Crippen LogP contribution >= 0.6 is 0 Å². The molecule has 0 saturated carbocycles. The third kappa shape index (κ3) is 3.86. The molecule has 130 valence electrons. The fraction of sp³-hybridized carbons (Fsp3) is 0.235. The third-order valence-corrected chi connectivity index (χ3v) is 3.81. The maximum Gasteiger partial charge on any atom is 0.320 e. The van der Waals surface area contributed by atoms with Gasteiger partial charge in [0, 0.05) is 39.1 Å². The van der Waals surface area contributed by atoms with Crippen LogP contribution in [-0.2, 0) is 14.1 Å². The van der Waals surface area contributed by atoms with Gasteiger partial charge in [-0.1, -0.05) is 30.3 Å². The Morgan fingerprint density at radius 2 is 2.04 bits per heavy atom. The van der Waals surface area contributed by atoms with Crippen molar-refractivity contribution in [3.05, 3.63) is 54.4 Å². The van der Waals surface area contributed by atoms with Gasteiger partial charge in [-0.15, -0.1) is 0 Å². The lowest BCUT2D eigenvalue weighted by atomic mass is 10.1. The van der Waals surface area contributed by atoms with Crippen molar-refractivity contribution >= 4 is 11.8 Å². The van der Waals surface area contributed by atoms with Crippen LogP contribution in [0.4, 0.5) is 10.6 Å². The topological polar surface area (TPSA) is 97.0 Å². The predicted octanol–water partition coefficient (Wildman–Crippen LogP) is 1.68. The van der Waals surface area contributed by atoms with Gasteiger partial charge in [0.1, 0.15) is 11.5 Å². The summed E-state index contributed by atoms with van der Waals surface area (Å²) < 4.78 is 3.42. The number of amides is 2. The molecule has 8 nitrogen and oxygen atoms in total. The Morgan fingerprint density at radius 1 is 1.28 bits per heavy atom. The summed E-state index contributed by atoms with van der Waals surface area (Å²) in [6, 6.07) is 10.5. The molecular formula is C17H20N6O2. The molecule has 1 unspecified atom stereocenters. The van der Waals surface area contributed by atoms with Crippen molar-refractivity contribution < 1.29 is 9.90 Å². The van der Waals surface area contributed by atoms with Crippen molar-refractivity contribution in [3.8, 4) is 11.5 Å². The number of aliphatic hydroxyl groups is 1. The second-order valence-electron chi connectivity index (χ2n) is 5.66. The van der Waals surface area contributed by atoms with E-state index in [9.17, 15) is 9.90 Å². The Balaban J connectivity index is 1.60. The Kier molecular flexibility index (Phi) is 4.80. The molecule has 1 aromatic carbocycles. The highest BCUT2D eigenvalue weighted by atomic mass is 16.3. The molecule has 25 heavy (non-hydrogen) atoms. The van der Waals surface area contributed by atoms with Crippen LogP contribution in [-0.4, -0.2) is 37.0 Å². The molecule has 3 aromatic rings. The number of aromatic nitrogens is 4. The summed E-state index contributed by atoms with van der Waals surface area (Å²) in [7, 11) is 3.61. The fourth-order valence-corrected chi connectivity index (χ4v) is 2.45. The number of hydrogen-bond acceptors (Lipinski definition) is 4. The lowest BCUT2D eigenvalue weighted by molar-refractivity contribution is 0.175. The van der Waals surface area contributed by atoms with E-state index < -0.39 is 12.1 Å². The van der Waals surface area contributed by atoms with Gasteiger partial charge in [-0.2, -0.15) is 5.10 Å². The van der Waals surface area contributed by atoms with Crippen LogP contribution in [0, 0.1) is 0 Å². The van der Waals surface area contributed by atoms with Gasteiger partial charge in [-0.25, -0.2) is 9.78 Å². The highest BCUT2D eigenvalue weighted by Crippen LogP contribution is 2.19. The van der Waals surface area contributed by atoms with Crippen LogP contribution in [0.3, 0.4) is 0 Å². The number of aliphatic hydroxyl groups excluding tert-OH is 1. The lowest BCUT2D eigenvalue weighted by Gasteiger charge is -2.12. The van der Waals surface area contributed by atoms with E-state index >= 15 is 0 Å². The van der Waals surface area contributed by atoms with Crippen LogP contribution in [0.1, 0.15) is 11.7 Å².